The van der Waals surface area contributed by atoms with Crippen LogP contribution in [0.4, 0.5) is 11.4 Å². The smallest absolute Gasteiger partial charge is 0.255 e. The molecule has 6 heteroatoms. The molecule has 0 atom stereocenters. The summed E-state index contributed by atoms with van der Waals surface area (Å²) in [6, 6.07) is 12.8. The Labute approximate surface area is 147 Å². The molecule has 1 heterocycles. The van der Waals surface area contributed by atoms with Gasteiger partial charge in [0.1, 0.15) is 11.5 Å². The van der Waals surface area contributed by atoms with Gasteiger partial charge >= 0.3 is 0 Å². The van der Waals surface area contributed by atoms with Gasteiger partial charge in [-0.15, -0.1) is 0 Å². The molecular formula is C19H22N2O4. The number of nitrogens with one attached hydrogen (secondary N) is 1. The zero-order chi connectivity index (χ0) is 17.6. The van der Waals surface area contributed by atoms with Crippen molar-refractivity contribution in [3.63, 3.8) is 0 Å². The van der Waals surface area contributed by atoms with Gasteiger partial charge in [0, 0.05) is 24.3 Å². The minimum absolute atomic E-state index is 0.212. The van der Waals surface area contributed by atoms with Gasteiger partial charge in [-0.05, 0) is 36.4 Å². The Kier molecular flexibility index (Phi) is 5.40. The van der Waals surface area contributed by atoms with Crippen molar-refractivity contribution >= 4 is 17.3 Å². The van der Waals surface area contributed by atoms with E-state index in [4.69, 9.17) is 14.2 Å². The molecule has 1 aliphatic rings. The number of carbonyl (C=O) groups excluding carboxylic acids is 1. The van der Waals surface area contributed by atoms with Gasteiger partial charge in [-0.25, -0.2) is 0 Å². The van der Waals surface area contributed by atoms with Crippen molar-refractivity contribution < 1.29 is 19.0 Å². The van der Waals surface area contributed by atoms with Crippen LogP contribution in [0.25, 0.3) is 0 Å². The largest absolute Gasteiger partial charge is 0.497 e. The predicted octanol–water partition coefficient (Wildman–Crippen LogP) is 2.79. The summed E-state index contributed by atoms with van der Waals surface area (Å²) in [6.07, 6.45) is 0. The number of methoxy groups -OCH3 is 2. The fourth-order valence-electron chi connectivity index (χ4n) is 2.77. The molecule has 0 aromatic heterocycles. The van der Waals surface area contributed by atoms with Crippen LogP contribution in [0, 0.1) is 0 Å². The molecule has 0 spiro atoms. The first-order valence-corrected chi connectivity index (χ1v) is 8.17. The van der Waals surface area contributed by atoms with E-state index in [2.05, 4.69) is 10.2 Å². The summed E-state index contributed by atoms with van der Waals surface area (Å²) in [7, 11) is 3.16. The van der Waals surface area contributed by atoms with E-state index < -0.39 is 0 Å². The highest BCUT2D eigenvalue weighted by atomic mass is 16.5. The van der Waals surface area contributed by atoms with Crippen LogP contribution < -0.4 is 19.7 Å². The van der Waals surface area contributed by atoms with Gasteiger partial charge in [-0.2, -0.15) is 0 Å². The third-order valence-electron chi connectivity index (χ3n) is 4.14. The Balaban J connectivity index is 1.83. The average molecular weight is 342 g/mol. The monoisotopic (exact) mass is 342 g/mol. The van der Waals surface area contributed by atoms with Crippen LogP contribution in [0.15, 0.2) is 42.5 Å². The summed E-state index contributed by atoms with van der Waals surface area (Å²) < 4.78 is 16.0. The number of nitrogens with zero attached hydrogens (tertiary/aromatic N) is 1. The van der Waals surface area contributed by atoms with Crippen molar-refractivity contribution in [3.8, 4) is 11.5 Å². The Bertz CT molecular complexity index is 742. The highest BCUT2D eigenvalue weighted by Crippen LogP contribution is 2.30. The van der Waals surface area contributed by atoms with Crippen LogP contribution in [0.1, 0.15) is 10.4 Å². The summed E-state index contributed by atoms with van der Waals surface area (Å²) in [6.45, 7) is 3.07. The third kappa shape index (κ3) is 4.03. The van der Waals surface area contributed by atoms with Gasteiger partial charge in [0.2, 0.25) is 0 Å². The molecule has 2 aromatic carbocycles. The lowest BCUT2D eigenvalue weighted by Gasteiger charge is -2.29. The van der Waals surface area contributed by atoms with Gasteiger partial charge < -0.3 is 24.4 Å². The Morgan fingerprint density at radius 2 is 1.88 bits per heavy atom. The normalized spacial score (nSPS) is 14.1. The molecule has 0 saturated carbocycles. The first-order valence-electron chi connectivity index (χ1n) is 8.17. The number of benzene rings is 2. The second-order valence-electron chi connectivity index (χ2n) is 5.67. The lowest BCUT2D eigenvalue weighted by Crippen LogP contribution is -2.36. The summed E-state index contributed by atoms with van der Waals surface area (Å²) >= 11 is 0. The Morgan fingerprint density at radius 3 is 2.60 bits per heavy atom. The zero-order valence-corrected chi connectivity index (χ0v) is 14.5. The van der Waals surface area contributed by atoms with Crippen LogP contribution in [-0.2, 0) is 4.74 Å². The molecule has 132 valence electrons. The number of rotatable bonds is 5. The number of anilines is 2. The minimum Gasteiger partial charge on any atom is -0.497 e. The van der Waals surface area contributed by atoms with Crippen molar-refractivity contribution in [3.05, 3.63) is 48.0 Å². The second-order valence-corrected chi connectivity index (χ2v) is 5.67. The van der Waals surface area contributed by atoms with Crippen LogP contribution in [0.5, 0.6) is 11.5 Å². The number of hydrogen-bond acceptors (Lipinski definition) is 5. The molecule has 0 radical (unpaired) electrons. The van der Waals surface area contributed by atoms with E-state index in [1.807, 2.05) is 18.2 Å². The molecule has 2 aromatic rings. The topological polar surface area (TPSA) is 60.0 Å². The summed E-state index contributed by atoms with van der Waals surface area (Å²) in [5.41, 5.74) is 2.20. The van der Waals surface area contributed by atoms with E-state index in [0.717, 1.165) is 18.8 Å². The van der Waals surface area contributed by atoms with Crippen molar-refractivity contribution in [1.82, 2.24) is 0 Å². The summed E-state index contributed by atoms with van der Waals surface area (Å²) in [4.78, 5) is 14.8. The lowest BCUT2D eigenvalue weighted by molar-refractivity contribution is 0.102. The molecule has 0 bridgehead atoms. The van der Waals surface area contributed by atoms with Crippen molar-refractivity contribution in [2.24, 2.45) is 0 Å². The van der Waals surface area contributed by atoms with Crippen LogP contribution in [-0.4, -0.2) is 46.4 Å². The summed E-state index contributed by atoms with van der Waals surface area (Å²) in [5.74, 6) is 1.05. The van der Waals surface area contributed by atoms with Gasteiger partial charge in [0.05, 0.1) is 33.1 Å². The molecule has 6 nitrogen and oxygen atoms in total. The SMILES string of the molecule is COc1cccc(C(=O)Nc2cc(N3CCOCC3)ccc2OC)c1. The number of carbonyl (C=O) groups is 1. The minimum atomic E-state index is -0.212. The van der Waals surface area contributed by atoms with Crippen molar-refractivity contribution in [2.75, 3.05) is 50.7 Å². The van der Waals surface area contributed by atoms with Gasteiger partial charge in [-0.3, -0.25) is 4.79 Å². The highest BCUT2D eigenvalue weighted by Gasteiger charge is 2.15. The van der Waals surface area contributed by atoms with Crippen LogP contribution >= 0.6 is 0 Å². The molecule has 1 fully saturated rings. The maximum absolute atomic E-state index is 12.6. The standard InChI is InChI=1S/C19H22N2O4/c1-23-16-5-3-4-14(12-16)19(22)20-17-13-15(6-7-18(17)24-2)21-8-10-25-11-9-21/h3-7,12-13H,8-11H2,1-2H3,(H,20,22). The van der Waals surface area contributed by atoms with Crippen molar-refractivity contribution in [2.45, 2.75) is 0 Å². The van der Waals surface area contributed by atoms with E-state index in [1.165, 1.54) is 0 Å². The van der Waals surface area contributed by atoms with E-state index >= 15 is 0 Å². The van der Waals surface area contributed by atoms with Gasteiger partial charge in [0.15, 0.2) is 0 Å². The number of ether oxygens (including phenoxy) is 3. The van der Waals surface area contributed by atoms with Gasteiger partial charge in [-0.1, -0.05) is 6.07 Å². The predicted molar refractivity (Wildman–Crippen MR) is 97.0 cm³/mol. The van der Waals surface area contributed by atoms with Gasteiger partial charge in [0.25, 0.3) is 5.91 Å². The van der Waals surface area contributed by atoms with E-state index in [0.29, 0.717) is 36.0 Å². The van der Waals surface area contributed by atoms with E-state index in [1.54, 1.807) is 38.5 Å². The summed E-state index contributed by atoms with van der Waals surface area (Å²) in [5, 5.41) is 2.93. The lowest BCUT2D eigenvalue weighted by atomic mass is 10.1. The van der Waals surface area contributed by atoms with Crippen molar-refractivity contribution in [1.29, 1.82) is 0 Å². The first-order chi connectivity index (χ1) is 12.2. The number of morpholine rings is 1. The highest BCUT2D eigenvalue weighted by molar-refractivity contribution is 6.05. The molecule has 1 amide bonds. The number of hydrogen-bond donors (Lipinski definition) is 1. The molecule has 1 aliphatic heterocycles. The third-order valence-corrected chi connectivity index (χ3v) is 4.14. The van der Waals surface area contributed by atoms with E-state index in [-0.39, 0.29) is 5.91 Å². The fraction of sp³-hybridized carbons (Fsp3) is 0.316. The Hall–Kier alpha value is -2.73. The maximum Gasteiger partial charge on any atom is 0.255 e. The van der Waals surface area contributed by atoms with Crippen LogP contribution in [0.2, 0.25) is 0 Å². The maximum atomic E-state index is 12.6. The molecule has 25 heavy (non-hydrogen) atoms. The average Bonchev–Trinajstić information content (AvgIpc) is 2.68. The molecule has 1 saturated heterocycles. The fourth-order valence-corrected chi connectivity index (χ4v) is 2.77. The molecule has 1 N–H and O–H groups in total. The molecule has 0 aliphatic carbocycles. The van der Waals surface area contributed by atoms with Crippen LogP contribution in [0.3, 0.4) is 0 Å². The zero-order valence-electron chi connectivity index (χ0n) is 14.5. The second kappa shape index (κ2) is 7.90. The first kappa shape index (κ1) is 17.1. The molecule has 0 unspecified atom stereocenters. The molecule has 3 rings (SSSR count). The quantitative estimate of drug-likeness (QED) is 0.905. The number of amides is 1. The van der Waals surface area contributed by atoms with E-state index in [9.17, 15) is 4.79 Å². The Morgan fingerprint density at radius 1 is 1.08 bits per heavy atom. The molecular weight excluding hydrogens is 320 g/mol.